The first-order valence-corrected chi connectivity index (χ1v) is 4.31. The fraction of sp³-hybridized carbons (Fsp3) is 0. The number of hydrogen-bond acceptors (Lipinski definition) is 4. The minimum absolute atomic E-state index is 0. The van der Waals surface area contributed by atoms with Crippen LogP contribution in [0.4, 0.5) is 8.78 Å². The molecular weight excluding hydrogens is 245 g/mol. The van der Waals surface area contributed by atoms with Crippen LogP contribution in [0.3, 0.4) is 0 Å². The molecule has 0 bridgehead atoms. The van der Waals surface area contributed by atoms with Gasteiger partial charge in [-0.15, -0.1) is 0 Å². The van der Waals surface area contributed by atoms with Crippen molar-refractivity contribution < 1.29 is 77.3 Å². The molecule has 0 amide bonds. The summed E-state index contributed by atoms with van der Waals surface area (Å²) in [6.07, 6.45) is 0. The quantitative estimate of drug-likeness (QED) is 0.339. The molecule has 4 nitrogen and oxygen atoms in total. The van der Waals surface area contributed by atoms with Gasteiger partial charge in [-0.2, -0.15) is 0 Å². The Hall–Kier alpha value is 0.426. The van der Waals surface area contributed by atoms with E-state index < -0.39 is 27.8 Å². The average Bonchev–Trinajstić information content (AvgIpc) is 1.78. The predicted molar refractivity (Wildman–Crippen MR) is 36.7 cm³/mol. The smallest absolute Gasteiger partial charge is 0.716 e. The van der Waals surface area contributed by atoms with Gasteiger partial charge in [0.2, 0.25) is 0 Å². The van der Waals surface area contributed by atoms with Gasteiger partial charge >= 0.3 is 51.4 Å². The normalized spacial score (nSPS) is 10.5. The van der Waals surface area contributed by atoms with Crippen molar-refractivity contribution in [3.05, 3.63) is 29.8 Å². The zero-order chi connectivity index (χ0) is 10.1. The van der Waals surface area contributed by atoms with Crippen LogP contribution in [-0.4, -0.2) is 13.0 Å². The molecule has 0 unspecified atom stereocenters. The Kier molecular flexibility index (Phi) is 5.66. The second-order valence-corrected chi connectivity index (χ2v) is 3.08. The maximum absolute atomic E-state index is 12.4. The first kappa shape index (κ1) is 14.4. The van der Waals surface area contributed by atoms with Crippen LogP contribution in [0.25, 0.3) is 0 Å². The molecule has 0 N–H and O–H groups in total. The molecule has 0 fully saturated rings. The van der Waals surface area contributed by atoms with Gasteiger partial charge in [0.05, 0.1) is 0 Å². The Morgan fingerprint density at radius 1 is 1.14 bits per heavy atom. The monoisotopic (exact) mass is 248 g/mol. The van der Waals surface area contributed by atoms with Crippen molar-refractivity contribution in [3.63, 3.8) is 0 Å². The standard InChI is InChI=1S/C6H4F2O4S.K/c7-4-1-5(8)3-6(2-4)12-13(9,10)11;/h1-3H,(H,9,10,11);/q;+1/p-1. The van der Waals surface area contributed by atoms with Crippen molar-refractivity contribution >= 4 is 10.4 Å². The van der Waals surface area contributed by atoms with Crippen molar-refractivity contribution in [2.24, 2.45) is 0 Å². The van der Waals surface area contributed by atoms with E-state index in [-0.39, 0.29) is 51.4 Å². The predicted octanol–water partition coefficient (Wildman–Crippen LogP) is -2.19. The van der Waals surface area contributed by atoms with Gasteiger partial charge < -0.3 is 8.74 Å². The second-order valence-electron chi connectivity index (χ2n) is 2.10. The fourth-order valence-corrected chi connectivity index (χ4v) is 1.03. The minimum atomic E-state index is -4.99. The molecule has 0 spiro atoms. The van der Waals surface area contributed by atoms with Crippen LogP contribution in [0.1, 0.15) is 0 Å². The van der Waals surface area contributed by atoms with Gasteiger partial charge in [0.1, 0.15) is 17.4 Å². The van der Waals surface area contributed by atoms with Crippen molar-refractivity contribution in [2.45, 2.75) is 0 Å². The first-order chi connectivity index (χ1) is 5.87. The zero-order valence-electron chi connectivity index (χ0n) is 7.03. The van der Waals surface area contributed by atoms with Gasteiger partial charge in [-0.1, -0.05) is 0 Å². The topological polar surface area (TPSA) is 66.4 Å². The number of halogens is 2. The molecule has 8 heteroatoms. The average molecular weight is 248 g/mol. The van der Waals surface area contributed by atoms with Crippen LogP contribution in [-0.2, 0) is 10.4 Å². The van der Waals surface area contributed by atoms with Gasteiger partial charge in [-0.25, -0.2) is 17.2 Å². The summed E-state index contributed by atoms with van der Waals surface area (Å²) in [6, 6.07) is 1.68. The van der Waals surface area contributed by atoms with Gasteiger partial charge in [0.25, 0.3) is 10.4 Å². The van der Waals surface area contributed by atoms with Gasteiger partial charge in [-0.3, -0.25) is 0 Å². The molecule has 14 heavy (non-hydrogen) atoms. The Labute approximate surface area is 122 Å². The van der Waals surface area contributed by atoms with Gasteiger partial charge in [0, 0.05) is 18.2 Å². The Morgan fingerprint density at radius 3 is 1.93 bits per heavy atom. The molecule has 0 radical (unpaired) electrons. The summed E-state index contributed by atoms with van der Waals surface area (Å²) in [4.78, 5) is 0. The summed E-state index contributed by atoms with van der Waals surface area (Å²) in [5.41, 5.74) is 0. The maximum atomic E-state index is 12.4. The van der Waals surface area contributed by atoms with E-state index in [9.17, 15) is 21.8 Å². The number of hydrogen-bond donors (Lipinski definition) is 0. The molecule has 1 rings (SSSR count). The van der Waals surface area contributed by atoms with Crippen molar-refractivity contribution in [1.29, 1.82) is 0 Å². The molecule has 0 aliphatic rings. The van der Waals surface area contributed by atoms with E-state index >= 15 is 0 Å². The second kappa shape index (κ2) is 5.49. The molecule has 1 aromatic carbocycles. The molecule has 0 aromatic heterocycles. The zero-order valence-corrected chi connectivity index (χ0v) is 11.0. The molecule has 0 atom stereocenters. The van der Waals surface area contributed by atoms with Crippen molar-refractivity contribution in [2.75, 3.05) is 0 Å². The van der Waals surface area contributed by atoms with E-state index in [1.807, 2.05) is 0 Å². The van der Waals surface area contributed by atoms with E-state index in [4.69, 9.17) is 0 Å². The van der Waals surface area contributed by atoms with E-state index in [0.29, 0.717) is 18.2 Å². The fourth-order valence-electron chi connectivity index (χ4n) is 0.694. The van der Waals surface area contributed by atoms with Gasteiger partial charge in [-0.05, 0) is 0 Å². The largest absolute Gasteiger partial charge is 1.00 e. The molecule has 1 aromatic rings. The summed E-state index contributed by atoms with van der Waals surface area (Å²) in [5, 5.41) is 0. The molecule has 0 saturated heterocycles. The summed E-state index contributed by atoms with van der Waals surface area (Å²) in [6.45, 7) is 0. The Morgan fingerprint density at radius 2 is 1.57 bits per heavy atom. The summed E-state index contributed by atoms with van der Waals surface area (Å²) in [7, 11) is -4.99. The summed E-state index contributed by atoms with van der Waals surface area (Å²) < 4.78 is 58.5. The molecule has 0 aliphatic heterocycles. The summed E-state index contributed by atoms with van der Waals surface area (Å²) >= 11 is 0. The molecule has 72 valence electrons. The Bertz CT molecular complexity index is 400. The third kappa shape index (κ3) is 5.34. The third-order valence-electron chi connectivity index (χ3n) is 1.03. The molecule has 0 aliphatic carbocycles. The minimum Gasteiger partial charge on any atom is -0.716 e. The maximum Gasteiger partial charge on any atom is 1.00 e. The van der Waals surface area contributed by atoms with Crippen LogP contribution in [0, 0.1) is 11.6 Å². The first-order valence-electron chi connectivity index (χ1n) is 2.98. The number of benzene rings is 1. The van der Waals surface area contributed by atoms with Crippen LogP contribution in [0.2, 0.25) is 0 Å². The number of rotatable bonds is 2. The van der Waals surface area contributed by atoms with Crippen molar-refractivity contribution in [3.8, 4) is 5.75 Å². The van der Waals surface area contributed by atoms with Crippen LogP contribution in [0.5, 0.6) is 5.75 Å². The molecule has 0 saturated carbocycles. The van der Waals surface area contributed by atoms with E-state index in [0.717, 1.165) is 0 Å². The van der Waals surface area contributed by atoms with E-state index in [1.54, 1.807) is 0 Å². The van der Waals surface area contributed by atoms with Crippen LogP contribution in [0.15, 0.2) is 18.2 Å². The van der Waals surface area contributed by atoms with E-state index in [1.165, 1.54) is 0 Å². The third-order valence-corrected chi connectivity index (χ3v) is 1.43. The van der Waals surface area contributed by atoms with Crippen molar-refractivity contribution in [1.82, 2.24) is 0 Å². The van der Waals surface area contributed by atoms with Crippen LogP contribution >= 0.6 is 0 Å². The van der Waals surface area contributed by atoms with E-state index in [2.05, 4.69) is 4.18 Å². The molecule has 0 heterocycles. The molecular formula is C6H3F2KO4S. The Balaban J connectivity index is 0.00000169. The SMILES string of the molecule is O=S(=O)([O-])Oc1cc(F)cc(F)c1.[K+]. The van der Waals surface area contributed by atoms with Gasteiger partial charge in [0.15, 0.2) is 0 Å². The van der Waals surface area contributed by atoms with Crippen LogP contribution < -0.4 is 55.6 Å². The summed E-state index contributed by atoms with van der Waals surface area (Å²) in [5.74, 6) is -2.75.